The lowest BCUT2D eigenvalue weighted by molar-refractivity contribution is -0.135. The Labute approximate surface area is 200 Å². The number of aliphatic carboxylic acids is 2. The number of hydrogen-bond donors (Lipinski definition) is 6. The average Bonchev–Trinajstić information content (AvgIpc) is 3.16. The number of nitrogens with zero attached hydrogens (tertiary/aromatic N) is 3. The normalized spacial score (nSPS) is 9.69. The van der Waals surface area contributed by atoms with Crippen LogP contribution >= 0.6 is 0 Å². The van der Waals surface area contributed by atoms with Crippen molar-refractivity contribution in [3.8, 4) is 11.3 Å². The number of aromatic nitrogens is 4. The molecule has 12 nitrogen and oxygen atoms in total. The number of nitrogens with one attached hydrogen (secondary N) is 3. The van der Waals surface area contributed by atoms with Crippen molar-refractivity contribution in [3.63, 3.8) is 0 Å². The molecule has 2 heterocycles. The Balaban J connectivity index is 0.000000473. The monoisotopic (exact) mass is 479 g/mol. The fourth-order valence-corrected chi connectivity index (χ4v) is 2.85. The highest BCUT2D eigenvalue weighted by Crippen LogP contribution is 2.30. The van der Waals surface area contributed by atoms with Crippen LogP contribution in [0.25, 0.3) is 22.2 Å². The summed E-state index contributed by atoms with van der Waals surface area (Å²) in [5.41, 5.74) is 9.80. The highest BCUT2D eigenvalue weighted by molar-refractivity contribution is 5.96. The number of hydrogen-bond acceptors (Lipinski definition) is 8. The second kappa shape index (κ2) is 12.3. The molecule has 0 unspecified atom stereocenters. The van der Waals surface area contributed by atoms with Gasteiger partial charge in [0.2, 0.25) is 11.9 Å². The molecule has 0 radical (unpaired) electrons. The molecule has 1 amide bonds. The van der Waals surface area contributed by atoms with Crippen LogP contribution < -0.4 is 16.4 Å². The Morgan fingerprint density at radius 1 is 0.943 bits per heavy atom. The number of carbonyl (C=O) groups excluding carboxylic acids is 1. The Bertz CT molecular complexity index is 1320. The van der Waals surface area contributed by atoms with Gasteiger partial charge < -0.3 is 26.6 Å². The van der Waals surface area contributed by atoms with Gasteiger partial charge in [-0.3, -0.25) is 19.5 Å². The summed E-state index contributed by atoms with van der Waals surface area (Å²) in [5, 5.41) is 29.3. The maximum atomic E-state index is 11.3. The summed E-state index contributed by atoms with van der Waals surface area (Å²) in [6.07, 6.45) is 1.60. The third kappa shape index (κ3) is 8.81. The Morgan fingerprint density at radius 3 is 2.26 bits per heavy atom. The van der Waals surface area contributed by atoms with Crippen LogP contribution in [-0.4, -0.2) is 48.2 Å². The van der Waals surface area contributed by atoms with Crippen molar-refractivity contribution in [2.45, 2.75) is 20.8 Å². The number of fused-ring (bicyclic) bond motifs is 1. The standard InChI is InChI=1S/C19H17N7O.2C2H4O2/c1-11(27)22-13-4-2-3-12(9-13)18-15-10-14(5-6-16(15)25-26-18)23-17-7-8-21-19(20)24-17;2*1-2(3)4/h2-10H,1H3,(H,22,27)(H,25,26)(H3,20,21,23,24);2*1H3,(H,3,4). The summed E-state index contributed by atoms with van der Waals surface area (Å²) in [4.78, 5) is 37.3. The number of benzene rings is 2. The predicted molar refractivity (Wildman–Crippen MR) is 132 cm³/mol. The van der Waals surface area contributed by atoms with Crippen molar-refractivity contribution in [3.05, 3.63) is 54.7 Å². The quantitative estimate of drug-likeness (QED) is 0.252. The molecule has 0 bridgehead atoms. The number of amides is 1. The summed E-state index contributed by atoms with van der Waals surface area (Å²) in [7, 11) is 0. The van der Waals surface area contributed by atoms with E-state index in [2.05, 4.69) is 30.8 Å². The van der Waals surface area contributed by atoms with Crippen LogP contribution in [0.15, 0.2) is 54.7 Å². The van der Waals surface area contributed by atoms with E-state index in [0.29, 0.717) is 5.82 Å². The Kier molecular flexibility index (Phi) is 9.22. The maximum absolute atomic E-state index is 11.3. The fraction of sp³-hybridized carbons (Fsp3) is 0.130. The number of aromatic amines is 1. The number of rotatable bonds is 4. The van der Waals surface area contributed by atoms with E-state index in [1.54, 1.807) is 12.3 Å². The first-order valence-electron chi connectivity index (χ1n) is 10.2. The first kappa shape index (κ1) is 26.3. The van der Waals surface area contributed by atoms with E-state index in [1.807, 2.05) is 42.5 Å². The van der Waals surface area contributed by atoms with Crippen LogP contribution in [0, 0.1) is 0 Å². The largest absolute Gasteiger partial charge is 0.481 e. The molecule has 4 rings (SSSR count). The van der Waals surface area contributed by atoms with Crippen LogP contribution in [0.1, 0.15) is 20.8 Å². The molecular weight excluding hydrogens is 454 g/mol. The van der Waals surface area contributed by atoms with Gasteiger partial charge >= 0.3 is 0 Å². The highest BCUT2D eigenvalue weighted by atomic mass is 16.4. The lowest BCUT2D eigenvalue weighted by Crippen LogP contribution is -2.05. The molecule has 35 heavy (non-hydrogen) atoms. The topological polar surface area (TPSA) is 196 Å². The molecule has 0 aliphatic heterocycles. The van der Waals surface area contributed by atoms with Gasteiger partial charge in [0.15, 0.2) is 0 Å². The number of H-pyrrole nitrogens is 1. The molecule has 0 atom stereocenters. The summed E-state index contributed by atoms with van der Waals surface area (Å²) >= 11 is 0. The van der Waals surface area contributed by atoms with Gasteiger partial charge in [-0.1, -0.05) is 12.1 Å². The molecule has 0 aliphatic carbocycles. The number of carboxylic acids is 2. The third-order valence-corrected chi connectivity index (χ3v) is 3.97. The zero-order valence-corrected chi connectivity index (χ0v) is 19.2. The molecule has 0 fully saturated rings. The summed E-state index contributed by atoms with van der Waals surface area (Å²) in [6.45, 7) is 3.65. The second-order valence-electron chi connectivity index (χ2n) is 7.06. The fourth-order valence-electron chi connectivity index (χ4n) is 2.85. The second-order valence-corrected chi connectivity index (χ2v) is 7.06. The molecule has 182 valence electrons. The van der Waals surface area contributed by atoms with Gasteiger partial charge in [0, 0.05) is 49.3 Å². The molecule has 0 saturated carbocycles. The zero-order valence-electron chi connectivity index (χ0n) is 19.2. The van der Waals surface area contributed by atoms with Crippen molar-refractivity contribution in [1.82, 2.24) is 20.2 Å². The molecule has 0 aliphatic rings. The first-order chi connectivity index (χ1) is 16.5. The number of nitrogen functional groups attached to an aromatic ring is 1. The van der Waals surface area contributed by atoms with Crippen LogP contribution in [0.3, 0.4) is 0 Å². The molecule has 12 heteroatoms. The number of anilines is 4. The molecule has 0 saturated heterocycles. The van der Waals surface area contributed by atoms with Crippen molar-refractivity contribution in [1.29, 1.82) is 0 Å². The van der Waals surface area contributed by atoms with E-state index in [1.165, 1.54) is 6.92 Å². The van der Waals surface area contributed by atoms with E-state index in [0.717, 1.165) is 47.4 Å². The minimum Gasteiger partial charge on any atom is -0.481 e. The molecule has 2 aromatic carbocycles. The van der Waals surface area contributed by atoms with E-state index in [4.69, 9.17) is 25.5 Å². The predicted octanol–water partition coefficient (Wildman–Crippen LogP) is 3.49. The van der Waals surface area contributed by atoms with Gasteiger partial charge in [-0.15, -0.1) is 0 Å². The highest BCUT2D eigenvalue weighted by Gasteiger charge is 2.10. The zero-order chi connectivity index (χ0) is 26.0. The van der Waals surface area contributed by atoms with E-state index >= 15 is 0 Å². The summed E-state index contributed by atoms with van der Waals surface area (Å²) in [6, 6.07) is 15.2. The van der Waals surface area contributed by atoms with Crippen LogP contribution in [0.5, 0.6) is 0 Å². The maximum Gasteiger partial charge on any atom is 0.300 e. The summed E-state index contributed by atoms with van der Waals surface area (Å²) in [5.74, 6) is -0.964. The smallest absolute Gasteiger partial charge is 0.300 e. The molecule has 2 aromatic heterocycles. The minimum absolute atomic E-state index is 0.116. The Morgan fingerprint density at radius 2 is 1.63 bits per heavy atom. The number of nitrogens with two attached hydrogens (primary N) is 1. The SMILES string of the molecule is CC(=O)Nc1cccc(-c2n[nH]c3ccc(Nc4ccnc(N)n4)cc23)c1.CC(=O)O.CC(=O)O. The molecule has 4 aromatic rings. The lowest BCUT2D eigenvalue weighted by atomic mass is 10.1. The molecular formula is C23H25N7O5. The van der Waals surface area contributed by atoms with Gasteiger partial charge in [-0.25, -0.2) is 4.98 Å². The van der Waals surface area contributed by atoms with Crippen LogP contribution in [0.2, 0.25) is 0 Å². The summed E-state index contributed by atoms with van der Waals surface area (Å²) < 4.78 is 0. The van der Waals surface area contributed by atoms with E-state index < -0.39 is 11.9 Å². The lowest BCUT2D eigenvalue weighted by Gasteiger charge is -2.07. The van der Waals surface area contributed by atoms with Crippen molar-refractivity contribution in [2.75, 3.05) is 16.4 Å². The van der Waals surface area contributed by atoms with E-state index in [9.17, 15) is 4.79 Å². The van der Waals surface area contributed by atoms with Gasteiger partial charge in [0.25, 0.3) is 11.9 Å². The van der Waals surface area contributed by atoms with Crippen LogP contribution in [0.4, 0.5) is 23.1 Å². The van der Waals surface area contributed by atoms with E-state index in [-0.39, 0.29) is 11.9 Å². The molecule has 7 N–H and O–H groups in total. The third-order valence-electron chi connectivity index (χ3n) is 3.97. The molecule has 0 spiro atoms. The average molecular weight is 479 g/mol. The van der Waals surface area contributed by atoms with Crippen molar-refractivity contribution < 1.29 is 24.6 Å². The van der Waals surface area contributed by atoms with Crippen molar-refractivity contribution in [2.24, 2.45) is 0 Å². The Hall–Kier alpha value is -5.00. The van der Waals surface area contributed by atoms with Crippen LogP contribution in [-0.2, 0) is 14.4 Å². The number of carbonyl (C=O) groups is 3. The number of carboxylic acid groups (broad SMARTS) is 2. The van der Waals surface area contributed by atoms with Gasteiger partial charge in [-0.05, 0) is 36.4 Å². The van der Waals surface area contributed by atoms with Gasteiger partial charge in [0.05, 0.1) is 5.52 Å². The van der Waals surface area contributed by atoms with Gasteiger partial charge in [0.1, 0.15) is 11.5 Å². The van der Waals surface area contributed by atoms with Crippen molar-refractivity contribution >= 4 is 51.9 Å². The first-order valence-corrected chi connectivity index (χ1v) is 10.2. The minimum atomic E-state index is -0.833. The van der Waals surface area contributed by atoms with Gasteiger partial charge in [-0.2, -0.15) is 10.1 Å².